The standard InChI is InChI=1S/C16H18N2O2/c1-12-5-2-3-7-14(12)11-15(17)9-13-6-4-8-16(10-13)18(19)20/h2-8,10,15H,9,11,17H2,1H3. The van der Waals surface area contributed by atoms with Crippen molar-refractivity contribution in [2.45, 2.75) is 25.8 Å². The van der Waals surface area contributed by atoms with E-state index in [2.05, 4.69) is 19.1 Å². The zero-order valence-electron chi connectivity index (χ0n) is 11.5. The first-order chi connectivity index (χ1) is 9.56. The SMILES string of the molecule is Cc1ccccc1CC(N)Cc1cccc([N+](=O)[O-])c1. The Labute approximate surface area is 118 Å². The molecule has 1 unspecified atom stereocenters. The molecule has 104 valence electrons. The van der Waals surface area contributed by atoms with Crippen molar-refractivity contribution in [3.8, 4) is 0 Å². The van der Waals surface area contributed by atoms with Crippen molar-refractivity contribution < 1.29 is 4.92 Å². The number of hydrogen-bond donors (Lipinski definition) is 1. The average molecular weight is 270 g/mol. The number of nitro benzene ring substituents is 1. The molecule has 4 heteroatoms. The van der Waals surface area contributed by atoms with E-state index in [4.69, 9.17) is 5.73 Å². The maximum atomic E-state index is 10.7. The van der Waals surface area contributed by atoms with Crippen LogP contribution in [-0.2, 0) is 12.8 Å². The average Bonchev–Trinajstić information content (AvgIpc) is 2.41. The van der Waals surface area contributed by atoms with Crippen LogP contribution in [0.25, 0.3) is 0 Å². The summed E-state index contributed by atoms with van der Waals surface area (Å²) >= 11 is 0. The molecule has 1 atom stereocenters. The van der Waals surface area contributed by atoms with Gasteiger partial charge in [-0.25, -0.2) is 0 Å². The molecule has 2 aromatic rings. The van der Waals surface area contributed by atoms with Crippen molar-refractivity contribution in [3.63, 3.8) is 0 Å². The number of aryl methyl sites for hydroxylation is 1. The molecule has 2 aromatic carbocycles. The molecule has 0 fully saturated rings. The Balaban J connectivity index is 2.05. The molecule has 4 nitrogen and oxygen atoms in total. The topological polar surface area (TPSA) is 69.2 Å². The van der Waals surface area contributed by atoms with Gasteiger partial charge < -0.3 is 5.73 Å². The van der Waals surface area contributed by atoms with E-state index in [0.29, 0.717) is 6.42 Å². The fraction of sp³-hybridized carbons (Fsp3) is 0.250. The lowest BCUT2D eigenvalue weighted by Gasteiger charge is -2.13. The molecule has 0 aliphatic heterocycles. The van der Waals surface area contributed by atoms with Gasteiger partial charge in [0.1, 0.15) is 0 Å². The van der Waals surface area contributed by atoms with Crippen LogP contribution in [0, 0.1) is 17.0 Å². The first kappa shape index (κ1) is 14.2. The van der Waals surface area contributed by atoms with E-state index in [-0.39, 0.29) is 16.7 Å². The minimum absolute atomic E-state index is 0.0434. The van der Waals surface area contributed by atoms with E-state index in [1.165, 1.54) is 17.2 Å². The lowest BCUT2D eigenvalue weighted by Crippen LogP contribution is -2.25. The fourth-order valence-electron chi connectivity index (χ4n) is 2.29. The molecule has 0 aliphatic carbocycles. The van der Waals surface area contributed by atoms with Crippen LogP contribution >= 0.6 is 0 Å². The van der Waals surface area contributed by atoms with Gasteiger partial charge in [0.2, 0.25) is 0 Å². The zero-order valence-corrected chi connectivity index (χ0v) is 11.5. The summed E-state index contributed by atoms with van der Waals surface area (Å²) in [5, 5.41) is 10.7. The van der Waals surface area contributed by atoms with Crippen LogP contribution in [0.2, 0.25) is 0 Å². The zero-order chi connectivity index (χ0) is 14.5. The molecule has 20 heavy (non-hydrogen) atoms. The highest BCUT2D eigenvalue weighted by Crippen LogP contribution is 2.16. The molecule has 0 spiro atoms. The number of nitrogens with zero attached hydrogens (tertiary/aromatic N) is 1. The smallest absolute Gasteiger partial charge is 0.269 e. The van der Waals surface area contributed by atoms with Gasteiger partial charge in [-0.3, -0.25) is 10.1 Å². The van der Waals surface area contributed by atoms with E-state index in [1.807, 2.05) is 18.2 Å². The van der Waals surface area contributed by atoms with Gasteiger partial charge in [0.05, 0.1) is 4.92 Å². The number of benzene rings is 2. The number of nitrogens with two attached hydrogens (primary N) is 1. The molecule has 2 rings (SSSR count). The molecule has 0 saturated carbocycles. The maximum absolute atomic E-state index is 10.7. The third-order valence-corrected chi connectivity index (χ3v) is 3.36. The van der Waals surface area contributed by atoms with E-state index in [0.717, 1.165) is 12.0 Å². The Kier molecular flexibility index (Phi) is 4.48. The molecule has 0 radical (unpaired) electrons. The van der Waals surface area contributed by atoms with Crippen molar-refractivity contribution in [1.29, 1.82) is 0 Å². The Morgan fingerprint density at radius 2 is 1.90 bits per heavy atom. The first-order valence-electron chi connectivity index (χ1n) is 6.59. The van der Waals surface area contributed by atoms with Gasteiger partial charge in [0.15, 0.2) is 0 Å². The normalized spacial score (nSPS) is 12.1. The fourth-order valence-corrected chi connectivity index (χ4v) is 2.29. The Hall–Kier alpha value is -2.20. The third kappa shape index (κ3) is 3.65. The van der Waals surface area contributed by atoms with Crippen molar-refractivity contribution in [2.75, 3.05) is 0 Å². The Morgan fingerprint density at radius 3 is 2.60 bits per heavy atom. The van der Waals surface area contributed by atoms with Crippen LogP contribution in [0.5, 0.6) is 0 Å². The number of nitro groups is 1. The van der Waals surface area contributed by atoms with E-state index in [1.54, 1.807) is 12.1 Å². The van der Waals surface area contributed by atoms with Crippen LogP contribution in [0.3, 0.4) is 0 Å². The van der Waals surface area contributed by atoms with Crippen molar-refractivity contribution in [3.05, 3.63) is 75.3 Å². The third-order valence-electron chi connectivity index (χ3n) is 3.36. The quantitative estimate of drug-likeness (QED) is 0.670. The molecular formula is C16H18N2O2. The van der Waals surface area contributed by atoms with Crippen LogP contribution in [-0.4, -0.2) is 11.0 Å². The summed E-state index contributed by atoms with van der Waals surface area (Å²) in [4.78, 5) is 10.4. The lowest BCUT2D eigenvalue weighted by molar-refractivity contribution is -0.384. The predicted molar refractivity (Wildman–Crippen MR) is 79.7 cm³/mol. The summed E-state index contributed by atoms with van der Waals surface area (Å²) in [6.07, 6.45) is 1.41. The van der Waals surface area contributed by atoms with Crippen molar-refractivity contribution in [1.82, 2.24) is 0 Å². The number of non-ortho nitro benzene ring substituents is 1. The largest absolute Gasteiger partial charge is 0.327 e. The minimum atomic E-state index is -0.379. The molecule has 2 N–H and O–H groups in total. The van der Waals surface area contributed by atoms with Gasteiger partial charge in [-0.2, -0.15) is 0 Å². The molecule has 0 saturated heterocycles. The highest BCUT2D eigenvalue weighted by atomic mass is 16.6. The number of hydrogen-bond acceptors (Lipinski definition) is 3. The summed E-state index contributed by atoms with van der Waals surface area (Å²) in [5.41, 5.74) is 9.63. The first-order valence-corrected chi connectivity index (χ1v) is 6.59. The van der Waals surface area contributed by atoms with Crippen LogP contribution < -0.4 is 5.73 Å². The Morgan fingerprint density at radius 1 is 1.15 bits per heavy atom. The molecule has 0 aromatic heterocycles. The molecular weight excluding hydrogens is 252 g/mol. The lowest BCUT2D eigenvalue weighted by atomic mass is 9.97. The second-order valence-corrected chi connectivity index (χ2v) is 5.02. The van der Waals surface area contributed by atoms with Gasteiger partial charge in [0.25, 0.3) is 5.69 Å². The predicted octanol–water partition coefficient (Wildman–Crippen LogP) is 3.02. The van der Waals surface area contributed by atoms with Crippen LogP contribution in [0.15, 0.2) is 48.5 Å². The molecule has 0 bridgehead atoms. The molecule has 0 amide bonds. The van der Waals surface area contributed by atoms with Gasteiger partial charge >= 0.3 is 0 Å². The summed E-state index contributed by atoms with van der Waals surface area (Å²) < 4.78 is 0. The van der Waals surface area contributed by atoms with Gasteiger partial charge in [0, 0.05) is 18.2 Å². The summed E-state index contributed by atoms with van der Waals surface area (Å²) in [7, 11) is 0. The van der Waals surface area contributed by atoms with Gasteiger partial charge in [-0.05, 0) is 36.5 Å². The minimum Gasteiger partial charge on any atom is -0.327 e. The van der Waals surface area contributed by atoms with Crippen molar-refractivity contribution in [2.24, 2.45) is 5.73 Å². The maximum Gasteiger partial charge on any atom is 0.269 e. The Bertz CT molecular complexity index is 611. The highest BCUT2D eigenvalue weighted by molar-refractivity contribution is 5.35. The number of rotatable bonds is 5. The molecule has 0 heterocycles. The monoisotopic (exact) mass is 270 g/mol. The van der Waals surface area contributed by atoms with Crippen molar-refractivity contribution >= 4 is 5.69 Å². The molecule has 0 aliphatic rings. The highest BCUT2D eigenvalue weighted by Gasteiger charge is 2.10. The summed E-state index contributed by atoms with van der Waals surface area (Å²) in [6.45, 7) is 2.06. The van der Waals surface area contributed by atoms with E-state index < -0.39 is 0 Å². The summed E-state index contributed by atoms with van der Waals surface area (Å²) in [5.74, 6) is 0. The second-order valence-electron chi connectivity index (χ2n) is 5.02. The van der Waals surface area contributed by atoms with Crippen LogP contribution in [0.4, 0.5) is 5.69 Å². The van der Waals surface area contributed by atoms with E-state index in [9.17, 15) is 10.1 Å². The van der Waals surface area contributed by atoms with Gasteiger partial charge in [-0.15, -0.1) is 0 Å². The summed E-state index contributed by atoms with van der Waals surface area (Å²) in [6, 6.07) is 14.8. The second kappa shape index (κ2) is 6.30. The van der Waals surface area contributed by atoms with Gasteiger partial charge in [-0.1, -0.05) is 36.4 Å². The van der Waals surface area contributed by atoms with E-state index >= 15 is 0 Å². The van der Waals surface area contributed by atoms with Crippen LogP contribution in [0.1, 0.15) is 16.7 Å².